The number of carbonyl (C=O) groups is 2. The summed E-state index contributed by atoms with van der Waals surface area (Å²) in [4.78, 5) is 35.7. The minimum Gasteiger partial charge on any atom is -0.481 e. The molecule has 0 bridgehead atoms. The maximum absolute atomic E-state index is 12.5. The van der Waals surface area contributed by atoms with Crippen molar-refractivity contribution in [2.24, 2.45) is 5.92 Å². The number of carboxylic acid groups (broad SMARTS) is 1. The number of aliphatic carboxylic acids is 1. The van der Waals surface area contributed by atoms with Crippen molar-refractivity contribution in [3.05, 3.63) is 98.6 Å². The summed E-state index contributed by atoms with van der Waals surface area (Å²) in [6.45, 7) is 5.74. The van der Waals surface area contributed by atoms with Crippen molar-refractivity contribution in [1.29, 1.82) is 5.26 Å². The average Bonchev–Trinajstić information content (AvgIpc) is 4.02. The second kappa shape index (κ2) is 14.9. The van der Waals surface area contributed by atoms with Gasteiger partial charge in [0.2, 0.25) is 17.7 Å². The Bertz CT molecular complexity index is 2360. The lowest BCUT2D eigenvalue weighted by atomic mass is 9.88. The number of carboxylic acids is 1. The van der Waals surface area contributed by atoms with E-state index in [0.29, 0.717) is 54.0 Å². The minimum absolute atomic E-state index is 0.0263. The quantitative estimate of drug-likeness (QED) is 0.136. The van der Waals surface area contributed by atoms with Crippen molar-refractivity contribution in [3.63, 3.8) is 0 Å². The molecule has 12 nitrogen and oxygen atoms in total. The topological polar surface area (TPSA) is 160 Å². The third-order valence-corrected chi connectivity index (χ3v) is 11.4. The highest BCUT2D eigenvalue weighted by Crippen LogP contribution is 2.48. The first-order valence-corrected chi connectivity index (χ1v) is 18.8. The van der Waals surface area contributed by atoms with Crippen LogP contribution in [0.15, 0.2) is 59.0 Å². The van der Waals surface area contributed by atoms with Crippen LogP contribution in [0.1, 0.15) is 76.6 Å². The molecule has 8 rings (SSSR count). The lowest BCUT2D eigenvalue weighted by Crippen LogP contribution is -2.32. The number of nitrogens with zero attached hydrogens (tertiary/aromatic N) is 4. The number of hydrogen-bond acceptors (Lipinski definition) is 11. The molecule has 3 unspecified atom stereocenters. The van der Waals surface area contributed by atoms with E-state index in [1.165, 1.54) is 7.11 Å². The van der Waals surface area contributed by atoms with Crippen LogP contribution in [0.5, 0.6) is 11.8 Å². The number of fused-ring (bicyclic) bond motifs is 2. The fourth-order valence-corrected chi connectivity index (χ4v) is 8.39. The lowest BCUT2D eigenvalue weighted by Gasteiger charge is -2.20. The van der Waals surface area contributed by atoms with Gasteiger partial charge < -0.3 is 34.0 Å². The molecule has 2 saturated heterocycles. The van der Waals surface area contributed by atoms with E-state index >= 15 is 0 Å². The van der Waals surface area contributed by atoms with Gasteiger partial charge in [-0.1, -0.05) is 41.9 Å². The highest BCUT2D eigenvalue weighted by atomic mass is 35.5. The number of benzene rings is 3. The highest BCUT2D eigenvalue weighted by molar-refractivity contribution is 6.31. The molecule has 4 heterocycles. The molecule has 3 aliphatic rings. The molecule has 0 radical (unpaired) electrons. The number of nitriles is 1. The monoisotopic (exact) mass is 761 g/mol. The highest BCUT2D eigenvalue weighted by Gasteiger charge is 2.36. The molecule has 0 saturated carbocycles. The fraction of sp³-hybridized carbons (Fsp3) is 0.357. The van der Waals surface area contributed by atoms with E-state index in [4.69, 9.17) is 35.2 Å². The Labute approximate surface area is 323 Å². The summed E-state index contributed by atoms with van der Waals surface area (Å²) in [6, 6.07) is 19.7. The van der Waals surface area contributed by atoms with Gasteiger partial charge in [0.15, 0.2) is 5.58 Å². The molecule has 2 aliphatic heterocycles. The molecule has 0 amide bonds. The molecule has 2 N–H and O–H groups in total. The standard InChI is InChI=1S/C42H40ClN5O7/c1-22-10-11-24(39-46-36-23(2)34(17-26(19-44)37(36)55-39)48-14-12-25(20-48)41(49)50)15-30(22)31-18-35(29-8-5-4-7-28(29)31)54-40-32(43)16-27(38(47-40)52-3)21-53-42(51)33-9-6-13-45-33/h4-5,7-8,10-11,15-17,25,31,33,35,45H,6,9,12-14,18,20-21H2,1-3H3,(H,49,50)/t25?,31?,33-,35?/m0/s1. The van der Waals surface area contributed by atoms with Gasteiger partial charge in [-0.3, -0.25) is 9.59 Å². The predicted molar refractivity (Wildman–Crippen MR) is 204 cm³/mol. The second-order valence-electron chi connectivity index (χ2n) is 14.4. The predicted octanol–water partition coefficient (Wildman–Crippen LogP) is 7.40. The number of carbonyl (C=O) groups excluding carboxylic acids is 1. The molecular formula is C42H40ClN5O7. The summed E-state index contributed by atoms with van der Waals surface area (Å²) < 4.78 is 24.0. The van der Waals surface area contributed by atoms with Crippen molar-refractivity contribution in [1.82, 2.24) is 15.3 Å². The van der Waals surface area contributed by atoms with Crippen LogP contribution in [0, 0.1) is 31.1 Å². The number of esters is 1. The summed E-state index contributed by atoms with van der Waals surface area (Å²) in [6.07, 6.45) is 2.46. The largest absolute Gasteiger partial charge is 0.481 e. The minimum atomic E-state index is -0.814. The van der Waals surface area contributed by atoms with Crippen molar-refractivity contribution in [2.75, 3.05) is 31.6 Å². The van der Waals surface area contributed by atoms with Crippen LogP contribution in [0.4, 0.5) is 5.69 Å². The Morgan fingerprint density at radius 1 is 1.07 bits per heavy atom. The first-order chi connectivity index (χ1) is 26.6. The molecule has 55 heavy (non-hydrogen) atoms. The zero-order valence-electron chi connectivity index (χ0n) is 30.7. The summed E-state index contributed by atoms with van der Waals surface area (Å²) in [7, 11) is 1.50. The first-order valence-electron chi connectivity index (χ1n) is 18.4. The van der Waals surface area contributed by atoms with Crippen molar-refractivity contribution < 1.29 is 33.3 Å². The van der Waals surface area contributed by atoms with Crippen LogP contribution in [-0.4, -0.2) is 59.8 Å². The van der Waals surface area contributed by atoms with Crippen LogP contribution in [0.25, 0.3) is 22.6 Å². The first kappa shape index (κ1) is 36.3. The zero-order chi connectivity index (χ0) is 38.4. The molecule has 3 aromatic carbocycles. The third-order valence-electron chi connectivity index (χ3n) is 11.1. The number of ether oxygens (including phenoxy) is 3. The molecular weight excluding hydrogens is 722 g/mol. The Hall–Kier alpha value is -5.64. The number of aromatic nitrogens is 2. The second-order valence-corrected chi connectivity index (χ2v) is 14.8. The van der Waals surface area contributed by atoms with E-state index in [1.54, 1.807) is 12.1 Å². The van der Waals surface area contributed by atoms with E-state index in [-0.39, 0.29) is 47.4 Å². The van der Waals surface area contributed by atoms with Gasteiger partial charge in [-0.15, -0.1) is 0 Å². The van der Waals surface area contributed by atoms with E-state index in [0.717, 1.165) is 58.5 Å². The van der Waals surface area contributed by atoms with Crippen LogP contribution in [0.2, 0.25) is 5.02 Å². The van der Waals surface area contributed by atoms with Gasteiger partial charge in [0.25, 0.3) is 0 Å². The number of hydrogen-bond donors (Lipinski definition) is 2. The molecule has 282 valence electrons. The number of methoxy groups -OCH3 is 1. The average molecular weight is 762 g/mol. The summed E-state index contributed by atoms with van der Waals surface area (Å²) in [5.41, 5.74) is 8.60. The van der Waals surface area contributed by atoms with Crippen LogP contribution >= 0.6 is 11.6 Å². The van der Waals surface area contributed by atoms with Crippen molar-refractivity contribution in [3.8, 4) is 29.3 Å². The van der Waals surface area contributed by atoms with Crippen molar-refractivity contribution >= 4 is 40.3 Å². The molecule has 2 fully saturated rings. The van der Waals surface area contributed by atoms with E-state index < -0.39 is 11.9 Å². The molecule has 5 aromatic rings. The normalized spacial score (nSPS) is 20.4. The van der Waals surface area contributed by atoms with Crippen LogP contribution in [-0.2, 0) is 20.9 Å². The fourth-order valence-electron chi connectivity index (χ4n) is 8.18. The molecule has 13 heteroatoms. The molecule has 2 aromatic heterocycles. The summed E-state index contributed by atoms with van der Waals surface area (Å²) in [5.74, 6) is -0.733. The van der Waals surface area contributed by atoms with E-state index in [2.05, 4.69) is 41.5 Å². The van der Waals surface area contributed by atoms with E-state index in [1.807, 2.05) is 36.1 Å². The Morgan fingerprint density at radius 3 is 2.62 bits per heavy atom. The molecule has 0 spiro atoms. The number of pyridine rings is 1. The molecule has 1 aliphatic carbocycles. The number of oxazole rings is 1. The zero-order valence-corrected chi connectivity index (χ0v) is 31.5. The van der Waals surface area contributed by atoms with E-state index in [9.17, 15) is 20.0 Å². The Morgan fingerprint density at radius 2 is 1.89 bits per heavy atom. The van der Waals surface area contributed by atoms with Gasteiger partial charge in [0.05, 0.1) is 24.2 Å². The SMILES string of the molecule is COc1nc(OC2CC(c3cc(-c4nc5c(C)c(N6CCC(C(=O)O)C6)cc(C#N)c5o4)ccc3C)c3ccccc32)c(Cl)cc1COC(=O)[C@@H]1CCCN1. The van der Waals surface area contributed by atoms with Gasteiger partial charge in [-0.2, -0.15) is 10.2 Å². The number of aryl methyl sites for hydroxylation is 2. The van der Waals surface area contributed by atoms with Crippen LogP contribution in [0.3, 0.4) is 0 Å². The number of nitrogens with one attached hydrogen (secondary N) is 1. The molecule has 4 atom stereocenters. The maximum Gasteiger partial charge on any atom is 0.323 e. The number of rotatable bonds is 10. The van der Waals surface area contributed by atoms with Gasteiger partial charge in [0, 0.05) is 35.8 Å². The number of halogens is 1. The third kappa shape index (κ3) is 6.83. The summed E-state index contributed by atoms with van der Waals surface area (Å²) >= 11 is 6.75. The lowest BCUT2D eigenvalue weighted by molar-refractivity contribution is -0.147. The van der Waals surface area contributed by atoms with Gasteiger partial charge in [0.1, 0.15) is 35.4 Å². The maximum atomic E-state index is 12.5. The van der Waals surface area contributed by atoms with Crippen LogP contribution < -0.4 is 19.7 Å². The van der Waals surface area contributed by atoms with Crippen molar-refractivity contribution in [2.45, 2.75) is 64.2 Å². The summed E-state index contributed by atoms with van der Waals surface area (Å²) in [5, 5.41) is 23.1. The van der Waals surface area contributed by atoms with Gasteiger partial charge in [-0.05, 0) is 92.6 Å². The Kier molecular flexibility index (Phi) is 9.84. The van der Waals surface area contributed by atoms with Gasteiger partial charge in [-0.25, -0.2) is 4.98 Å². The van der Waals surface area contributed by atoms with Gasteiger partial charge >= 0.3 is 11.9 Å². The smallest absolute Gasteiger partial charge is 0.323 e. The Balaban J connectivity index is 1.07. The number of anilines is 1.